The fourth-order valence-electron chi connectivity index (χ4n) is 1.19. The van der Waals surface area contributed by atoms with Crippen LogP contribution in [0.1, 0.15) is 5.56 Å². The quantitative estimate of drug-likeness (QED) is 0.708. The first kappa shape index (κ1) is 10.5. The van der Waals surface area contributed by atoms with Gasteiger partial charge < -0.3 is 14.8 Å². The second-order valence-electron chi connectivity index (χ2n) is 2.65. The van der Waals surface area contributed by atoms with Gasteiger partial charge in [-0.15, -0.1) is 0 Å². The van der Waals surface area contributed by atoms with E-state index in [0.29, 0.717) is 5.39 Å². The van der Waals surface area contributed by atoms with Gasteiger partial charge in [0.05, 0.1) is 0 Å². The van der Waals surface area contributed by atoms with Gasteiger partial charge in [0, 0.05) is 39.0 Å². The summed E-state index contributed by atoms with van der Waals surface area (Å²) in [5, 5.41) is 0.619. The number of hydrogen-bond donors (Lipinski definition) is 1. The van der Waals surface area contributed by atoms with E-state index in [-0.39, 0.29) is 38.3 Å². The number of nitrogens with zero attached hydrogens (tertiary/aromatic N) is 1. The summed E-state index contributed by atoms with van der Waals surface area (Å²) >= 11 is 0. The van der Waals surface area contributed by atoms with Crippen molar-refractivity contribution in [2.45, 2.75) is 6.92 Å². The summed E-state index contributed by atoms with van der Waals surface area (Å²) in [6.07, 6.45) is 2.46. The number of nitrogens with one attached hydrogen (secondary N) is 1. The summed E-state index contributed by atoms with van der Waals surface area (Å²) in [7, 11) is 0. The number of H-pyrrole nitrogens is 1. The Morgan fingerprint density at radius 3 is 2.92 bits per heavy atom. The molecule has 0 atom stereocenters. The molecule has 13 heavy (non-hydrogen) atoms. The Morgan fingerprint density at radius 1 is 1.46 bits per heavy atom. The molecule has 0 unspecified atom stereocenters. The van der Waals surface area contributed by atoms with Crippen molar-refractivity contribution >= 4 is 10.9 Å². The number of rotatable bonds is 0. The third kappa shape index (κ3) is 1.86. The summed E-state index contributed by atoms with van der Waals surface area (Å²) in [5.41, 5.74) is 1.58. The van der Waals surface area contributed by atoms with Crippen molar-refractivity contribution in [3.05, 3.63) is 40.4 Å². The largest absolute Gasteiger partial charge is 0.420 e. The van der Waals surface area contributed by atoms with Gasteiger partial charge in [0.25, 0.3) is 0 Å². The van der Waals surface area contributed by atoms with Crippen molar-refractivity contribution in [2.24, 2.45) is 0 Å². The van der Waals surface area contributed by atoms with E-state index in [0.717, 1.165) is 11.1 Å². The molecule has 1 aromatic carbocycles. The van der Waals surface area contributed by atoms with Gasteiger partial charge in [-0.3, -0.25) is 0 Å². The Hall–Kier alpha value is -0.536. The molecule has 0 aliphatic rings. The molecule has 2 aromatic rings. The fourth-order valence-corrected chi connectivity index (χ4v) is 1.19. The first-order valence-corrected chi connectivity index (χ1v) is 3.65. The van der Waals surface area contributed by atoms with E-state index in [1.54, 1.807) is 6.07 Å². The van der Waals surface area contributed by atoms with Gasteiger partial charge in [-0.2, -0.15) is 0 Å². The average Bonchev–Trinajstić information content (AvgIpc) is 2.07. The number of hydrogen-bond acceptors (Lipinski definition) is 2. The maximum absolute atomic E-state index is 11.2. The smallest absolute Gasteiger partial charge is 0.143 e. The molecule has 1 radical (unpaired) electrons. The third-order valence-corrected chi connectivity index (χ3v) is 1.82. The van der Waals surface area contributed by atoms with Gasteiger partial charge in [0.2, 0.25) is 0 Å². The van der Waals surface area contributed by atoms with Crippen LogP contribution in [0.5, 0.6) is 0 Å². The van der Waals surface area contributed by atoms with Gasteiger partial charge in [-0.25, -0.2) is 0 Å². The maximum Gasteiger partial charge on any atom is 0.143 e. The molecular formula is C9H7N2OY-. The average molecular weight is 248 g/mol. The second kappa shape index (κ2) is 4.12. The molecular weight excluding hydrogens is 241 g/mol. The minimum atomic E-state index is -0.135. The Bertz CT molecular complexity index is 478. The monoisotopic (exact) mass is 248 g/mol. The number of aryl methyl sites for hydroxylation is 1. The molecule has 1 heterocycles. The molecule has 0 aliphatic heterocycles. The second-order valence-corrected chi connectivity index (χ2v) is 2.65. The summed E-state index contributed by atoms with van der Waals surface area (Å²) in [5.74, 6) is 0. The van der Waals surface area contributed by atoms with Gasteiger partial charge in [0.1, 0.15) is 5.56 Å². The molecule has 0 saturated carbocycles. The van der Waals surface area contributed by atoms with Crippen LogP contribution in [-0.2, 0) is 32.7 Å². The number of aromatic amines is 1. The zero-order valence-electron chi connectivity index (χ0n) is 7.16. The van der Waals surface area contributed by atoms with Crippen LogP contribution < -0.4 is 5.56 Å². The number of benzene rings is 1. The molecule has 4 heteroatoms. The SMILES string of the molecule is Cc1cccc2c(=O)[nH][c-]nc12.[Y]. The van der Waals surface area contributed by atoms with E-state index in [1.807, 2.05) is 19.1 Å². The standard InChI is InChI=1S/C9H7N2O.Y/c1-6-3-2-4-7-8(6)10-5-11-9(7)12;/h2-4H,1H3,(H,10,11,12);/q-1;. The van der Waals surface area contributed by atoms with Crippen LogP contribution in [0.25, 0.3) is 10.9 Å². The molecule has 3 nitrogen and oxygen atoms in total. The molecule has 2 rings (SSSR count). The summed E-state index contributed by atoms with van der Waals surface area (Å²) in [4.78, 5) is 17.6. The van der Waals surface area contributed by atoms with Crippen molar-refractivity contribution in [1.29, 1.82) is 0 Å². The van der Waals surface area contributed by atoms with Crippen molar-refractivity contribution in [2.75, 3.05) is 0 Å². The van der Waals surface area contributed by atoms with E-state index in [9.17, 15) is 4.79 Å². The maximum atomic E-state index is 11.2. The first-order valence-electron chi connectivity index (χ1n) is 3.65. The molecule has 0 aliphatic carbocycles. The Labute approximate surface area is 100 Å². The number of fused-ring (bicyclic) bond motifs is 1. The van der Waals surface area contributed by atoms with Gasteiger partial charge in [-0.1, -0.05) is 23.8 Å². The van der Waals surface area contributed by atoms with Crippen LogP contribution in [0.15, 0.2) is 23.0 Å². The topological polar surface area (TPSA) is 45.8 Å². The molecule has 0 bridgehead atoms. The molecule has 0 fully saturated rings. The molecule has 1 aromatic heterocycles. The van der Waals surface area contributed by atoms with Crippen LogP contribution in [-0.4, -0.2) is 9.97 Å². The van der Waals surface area contributed by atoms with Crippen LogP contribution in [0.4, 0.5) is 0 Å². The Balaban J connectivity index is 0.000000845. The van der Waals surface area contributed by atoms with Crippen LogP contribution >= 0.6 is 0 Å². The van der Waals surface area contributed by atoms with Crippen LogP contribution in [0, 0.1) is 13.3 Å². The van der Waals surface area contributed by atoms with E-state index < -0.39 is 0 Å². The number of aromatic nitrogens is 2. The molecule has 63 valence electrons. The summed E-state index contributed by atoms with van der Waals surface area (Å²) in [6.45, 7) is 1.92. The predicted molar refractivity (Wildman–Crippen MR) is 45.9 cm³/mol. The van der Waals surface area contributed by atoms with Gasteiger partial charge in [0.15, 0.2) is 0 Å². The van der Waals surface area contributed by atoms with Gasteiger partial charge in [-0.05, 0) is 17.8 Å². The van der Waals surface area contributed by atoms with E-state index in [2.05, 4.69) is 16.3 Å². The van der Waals surface area contributed by atoms with E-state index in [1.165, 1.54) is 0 Å². The zero-order valence-corrected chi connectivity index (χ0v) is 10.0. The normalized spacial score (nSPS) is 9.62. The van der Waals surface area contributed by atoms with Crippen LogP contribution in [0.3, 0.4) is 0 Å². The van der Waals surface area contributed by atoms with Gasteiger partial charge >= 0.3 is 0 Å². The zero-order chi connectivity index (χ0) is 8.55. The number of para-hydroxylation sites is 1. The van der Waals surface area contributed by atoms with E-state index in [4.69, 9.17) is 0 Å². The Kier molecular flexibility index (Phi) is 3.34. The summed E-state index contributed by atoms with van der Waals surface area (Å²) < 4.78 is 0. The Morgan fingerprint density at radius 2 is 2.23 bits per heavy atom. The third-order valence-electron chi connectivity index (χ3n) is 1.82. The minimum Gasteiger partial charge on any atom is -0.420 e. The molecule has 1 N–H and O–H groups in total. The molecule has 0 amide bonds. The van der Waals surface area contributed by atoms with Crippen LogP contribution in [0.2, 0.25) is 0 Å². The fraction of sp³-hybridized carbons (Fsp3) is 0.111. The van der Waals surface area contributed by atoms with Crippen molar-refractivity contribution < 1.29 is 32.7 Å². The van der Waals surface area contributed by atoms with Crippen molar-refractivity contribution in [3.8, 4) is 0 Å². The minimum absolute atomic E-state index is 0. The predicted octanol–water partition coefficient (Wildman–Crippen LogP) is 1.03. The van der Waals surface area contributed by atoms with Crippen molar-refractivity contribution in [3.63, 3.8) is 0 Å². The molecule has 0 saturated heterocycles. The first-order chi connectivity index (χ1) is 5.79. The summed E-state index contributed by atoms with van der Waals surface area (Å²) in [6, 6.07) is 5.51. The van der Waals surface area contributed by atoms with E-state index >= 15 is 0 Å². The van der Waals surface area contributed by atoms with Crippen molar-refractivity contribution in [1.82, 2.24) is 9.97 Å². The molecule has 0 spiro atoms.